The zero-order valence-corrected chi connectivity index (χ0v) is 10.4. The number of nitro benzene ring substituents is 1. The molecule has 1 aromatic rings. The molecule has 0 aliphatic heterocycles. The van der Waals surface area contributed by atoms with Gasteiger partial charge in [0.2, 0.25) is 0 Å². The van der Waals surface area contributed by atoms with Gasteiger partial charge in [-0.25, -0.2) is 4.79 Å². The Bertz CT molecular complexity index is 545. The van der Waals surface area contributed by atoms with Gasteiger partial charge in [-0.15, -0.1) is 0 Å². The van der Waals surface area contributed by atoms with Crippen molar-refractivity contribution in [1.82, 2.24) is 0 Å². The number of carboxylic acids is 1. The van der Waals surface area contributed by atoms with Crippen LogP contribution in [0.25, 0.3) is 0 Å². The first-order chi connectivity index (χ1) is 8.57. The van der Waals surface area contributed by atoms with Gasteiger partial charge in [0.25, 0.3) is 5.69 Å². The number of aliphatic hydroxyl groups is 1. The molecule has 0 saturated heterocycles. The van der Waals surface area contributed by atoms with E-state index in [9.17, 15) is 33.2 Å². The molecule has 1 atom stereocenters. The molecule has 2 N–H and O–H groups in total. The summed E-state index contributed by atoms with van der Waals surface area (Å²) in [5.41, 5.74) is -3.18. The molecule has 6 nitrogen and oxygen atoms in total. The number of carbonyl (C=O) groups is 1. The van der Waals surface area contributed by atoms with Crippen molar-refractivity contribution in [2.24, 2.45) is 0 Å². The van der Waals surface area contributed by atoms with Gasteiger partial charge in [-0.1, -0.05) is 0 Å². The molecule has 0 aromatic heterocycles. The van der Waals surface area contributed by atoms with E-state index in [0.717, 1.165) is 0 Å². The van der Waals surface area contributed by atoms with E-state index in [-0.39, 0.29) is 0 Å². The van der Waals surface area contributed by atoms with Crippen LogP contribution in [-0.2, 0) is 11.0 Å². The van der Waals surface area contributed by atoms with Crippen LogP contribution in [0.5, 0.6) is 0 Å². The van der Waals surface area contributed by atoms with E-state index in [0.29, 0.717) is 12.1 Å². The minimum absolute atomic E-state index is 0.431. The van der Waals surface area contributed by atoms with Crippen molar-refractivity contribution in [3.63, 3.8) is 0 Å². The summed E-state index contributed by atoms with van der Waals surface area (Å²) in [5.74, 6) is -1.90. The van der Waals surface area contributed by atoms with Crippen LogP contribution < -0.4 is 0 Å². The van der Waals surface area contributed by atoms with Crippen LogP contribution >= 0.6 is 15.9 Å². The van der Waals surface area contributed by atoms with Gasteiger partial charge >= 0.3 is 12.1 Å². The lowest BCUT2D eigenvalue weighted by Crippen LogP contribution is -2.16. The highest BCUT2D eigenvalue weighted by molar-refractivity contribution is 9.10. The molecular weight excluding hydrogens is 339 g/mol. The summed E-state index contributed by atoms with van der Waals surface area (Å²) in [6.07, 6.45) is -7.29. The summed E-state index contributed by atoms with van der Waals surface area (Å²) in [6, 6.07) is 0.926. The van der Waals surface area contributed by atoms with Crippen molar-refractivity contribution in [3.05, 3.63) is 37.8 Å². The smallest absolute Gasteiger partial charge is 0.417 e. The SMILES string of the molecule is O=C(O)C(O)c1c([N+](=O)[O-])ccc(C(F)(F)F)c1Br. The standard InChI is InChI=1S/C9H5BrF3NO5/c10-6-3(9(11,12)13)1-2-4(14(18)19)5(6)7(15)8(16)17/h1-2,7,15H,(H,16,17). The Morgan fingerprint density at radius 1 is 1.42 bits per heavy atom. The fourth-order valence-corrected chi connectivity index (χ4v) is 2.12. The Morgan fingerprint density at radius 3 is 2.32 bits per heavy atom. The molecule has 0 aliphatic rings. The molecule has 0 amide bonds. The minimum Gasteiger partial charge on any atom is -0.479 e. The summed E-state index contributed by atoms with van der Waals surface area (Å²) in [7, 11) is 0. The molecule has 0 heterocycles. The second kappa shape index (κ2) is 5.13. The lowest BCUT2D eigenvalue weighted by atomic mass is 10.0. The zero-order chi connectivity index (χ0) is 15.0. The van der Waals surface area contributed by atoms with Gasteiger partial charge in [-0.2, -0.15) is 13.2 Å². The maximum atomic E-state index is 12.6. The second-order valence-corrected chi connectivity index (χ2v) is 4.15. The van der Waals surface area contributed by atoms with Crippen molar-refractivity contribution in [1.29, 1.82) is 0 Å². The van der Waals surface area contributed by atoms with Gasteiger partial charge in [0.1, 0.15) is 0 Å². The lowest BCUT2D eigenvalue weighted by molar-refractivity contribution is -0.386. The van der Waals surface area contributed by atoms with Gasteiger partial charge in [0.05, 0.1) is 16.1 Å². The summed E-state index contributed by atoms with van der Waals surface area (Å²) >= 11 is 2.46. The van der Waals surface area contributed by atoms with Crippen molar-refractivity contribution in [3.8, 4) is 0 Å². The number of hydrogen-bond acceptors (Lipinski definition) is 4. The topological polar surface area (TPSA) is 101 Å². The summed E-state index contributed by atoms with van der Waals surface area (Å²) in [4.78, 5) is 20.2. The molecule has 10 heteroatoms. The Kier molecular flexibility index (Phi) is 4.15. The molecule has 1 rings (SSSR count). The third-order valence-electron chi connectivity index (χ3n) is 2.17. The molecule has 0 aliphatic carbocycles. The van der Waals surface area contributed by atoms with Crippen molar-refractivity contribution >= 4 is 27.6 Å². The van der Waals surface area contributed by atoms with Crippen LogP contribution in [0.4, 0.5) is 18.9 Å². The molecule has 0 fully saturated rings. The van der Waals surface area contributed by atoms with Gasteiger partial charge in [0.15, 0.2) is 6.10 Å². The number of nitro groups is 1. The van der Waals surface area contributed by atoms with Crippen LogP contribution in [0.3, 0.4) is 0 Å². The Balaban J connectivity index is 3.63. The second-order valence-electron chi connectivity index (χ2n) is 3.36. The summed E-state index contributed by atoms with van der Waals surface area (Å²) in [6.45, 7) is 0. The number of carboxylic acid groups (broad SMARTS) is 1. The predicted octanol–water partition coefficient (Wildman–Crippen LogP) is 2.49. The summed E-state index contributed by atoms with van der Waals surface area (Å²) in [5, 5.41) is 28.5. The van der Waals surface area contributed by atoms with Crippen LogP contribution in [0, 0.1) is 10.1 Å². The fourth-order valence-electron chi connectivity index (χ4n) is 1.34. The number of rotatable bonds is 3. The van der Waals surface area contributed by atoms with Crippen LogP contribution in [0.1, 0.15) is 17.2 Å². The Labute approximate surface area is 111 Å². The zero-order valence-electron chi connectivity index (χ0n) is 8.81. The first kappa shape index (κ1) is 15.4. The van der Waals surface area contributed by atoms with Gasteiger partial charge in [-0.05, 0) is 22.0 Å². The number of halogens is 4. The average Bonchev–Trinajstić information content (AvgIpc) is 2.25. The highest BCUT2D eigenvalue weighted by Gasteiger charge is 2.38. The lowest BCUT2D eigenvalue weighted by Gasteiger charge is -2.14. The summed E-state index contributed by atoms with van der Waals surface area (Å²) < 4.78 is 36.9. The predicted molar refractivity (Wildman–Crippen MR) is 58.4 cm³/mol. The fraction of sp³-hybridized carbons (Fsp3) is 0.222. The minimum atomic E-state index is -4.85. The van der Waals surface area contributed by atoms with E-state index in [1.54, 1.807) is 0 Å². The molecular formula is C9H5BrF3NO5. The maximum Gasteiger partial charge on any atom is 0.417 e. The molecule has 104 valence electrons. The largest absolute Gasteiger partial charge is 0.479 e. The molecule has 0 saturated carbocycles. The number of benzene rings is 1. The molecule has 0 spiro atoms. The number of hydrogen-bond donors (Lipinski definition) is 2. The monoisotopic (exact) mass is 343 g/mol. The van der Waals surface area contributed by atoms with Crippen LogP contribution in [0.2, 0.25) is 0 Å². The molecule has 0 radical (unpaired) electrons. The first-order valence-corrected chi connectivity index (χ1v) is 5.31. The van der Waals surface area contributed by atoms with Gasteiger partial charge in [0, 0.05) is 10.5 Å². The van der Waals surface area contributed by atoms with E-state index >= 15 is 0 Å². The number of nitrogens with zero attached hydrogens (tertiary/aromatic N) is 1. The number of aliphatic hydroxyl groups excluding tert-OH is 1. The maximum absolute atomic E-state index is 12.6. The van der Waals surface area contributed by atoms with E-state index in [1.165, 1.54) is 0 Å². The van der Waals surface area contributed by atoms with E-state index < -0.39 is 44.5 Å². The number of aliphatic carboxylic acids is 1. The highest BCUT2D eigenvalue weighted by Crippen LogP contribution is 2.42. The highest BCUT2D eigenvalue weighted by atomic mass is 79.9. The van der Waals surface area contributed by atoms with Crippen molar-refractivity contribution in [2.45, 2.75) is 12.3 Å². The average molecular weight is 344 g/mol. The Hall–Kier alpha value is -1.68. The van der Waals surface area contributed by atoms with E-state index in [2.05, 4.69) is 15.9 Å². The van der Waals surface area contributed by atoms with Crippen molar-refractivity contribution in [2.75, 3.05) is 0 Å². The Morgan fingerprint density at radius 2 is 1.95 bits per heavy atom. The molecule has 0 bridgehead atoms. The third kappa shape index (κ3) is 3.01. The van der Waals surface area contributed by atoms with Gasteiger partial charge in [-0.3, -0.25) is 10.1 Å². The van der Waals surface area contributed by atoms with Gasteiger partial charge < -0.3 is 10.2 Å². The van der Waals surface area contributed by atoms with E-state index in [4.69, 9.17) is 5.11 Å². The van der Waals surface area contributed by atoms with E-state index in [1.807, 2.05) is 0 Å². The molecule has 19 heavy (non-hydrogen) atoms. The van der Waals surface area contributed by atoms with Crippen LogP contribution in [0.15, 0.2) is 16.6 Å². The molecule has 1 unspecified atom stereocenters. The first-order valence-electron chi connectivity index (χ1n) is 4.52. The normalized spacial score (nSPS) is 13.1. The van der Waals surface area contributed by atoms with Crippen molar-refractivity contribution < 1.29 is 33.1 Å². The molecule has 1 aromatic carbocycles. The third-order valence-corrected chi connectivity index (χ3v) is 3.02. The quantitative estimate of drug-likeness (QED) is 0.648. The van der Waals surface area contributed by atoms with Crippen LogP contribution in [-0.4, -0.2) is 21.1 Å². The number of alkyl halides is 3.